The van der Waals surface area contributed by atoms with Crippen LogP contribution < -0.4 is 5.32 Å². The van der Waals surface area contributed by atoms with Crippen LogP contribution in [0.1, 0.15) is 38.4 Å². The summed E-state index contributed by atoms with van der Waals surface area (Å²) in [6.07, 6.45) is 6.69. The number of aromatic nitrogens is 2. The van der Waals surface area contributed by atoms with Crippen LogP contribution >= 0.6 is 11.8 Å². The van der Waals surface area contributed by atoms with E-state index in [0.717, 1.165) is 23.9 Å². The lowest BCUT2D eigenvalue weighted by molar-refractivity contribution is 0.612. The van der Waals surface area contributed by atoms with Crippen LogP contribution in [0.3, 0.4) is 0 Å². The molecule has 1 heterocycles. The van der Waals surface area contributed by atoms with Gasteiger partial charge in [0, 0.05) is 24.5 Å². The highest BCUT2D eigenvalue weighted by molar-refractivity contribution is 7.98. The van der Waals surface area contributed by atoms with E-state index in [4.69, 9.17) is 0 Å². The Labute approximate surface area is 103 Å². The van der Waals surface area contributed by atoms with E-state index in [1.54, 1.807) is 0 Å². The number of anilines is 1. The maximum Gasteiger partial charge on any atom is 0.203 e. The fourth-order valence-corrected chi connectivity index (χ4v) is 2.32. The number of aryl methyl sites for hydroxylation is 1. The van der Waals surface area contributed by atoms with Crippen molar-refractivity contribution >= 4 is 17.7 Å². The molecule has 0 saturated carbocycles. The van der Waals surface area contributed by atoms with Crippen LogP contribution in [0.25, 0.3) is 0 Å². The van der Waals surface area contributed by atoms with Crippen LogP contribution in [-0.4, -0.2) is 28.1 Å². The summed E-state index contributed by atoms with van der Waals surface area (Å²) in [5.74, 6) is 2.14. The zero-order valence-electron chi connectivity index (χ0n) is 10.8. The summed E-state index contributed by atoms with van der Waals surface area (Å²) in [6.45, 7) is 7.50. The minimum Gasteiger partial charge on any atom is -0.356 e. The van der Waals surface area contributed by atoms with Crippen molar-refractivity contribution in [3.8, 4) is 0 Å². The number of nitrogens with one attached hydrogen (secondary N) is 1. The van der Waals surface area contributed by atoms with Gasteiger partial charge in [-0.2, -0.15) is 11.8 Å². The van der Waals surface area contributed by atoms with Gasteiger partial charge < -0.3 is 9.88 Å². The second-order valence-corrected chi connectivity index (χ2v) is 5.11. The molecule has 4 heteroatoms. The monoisotopic (exact) mass is 241 g/mol. The molecule has 1 aromatic rings. The third kappa shape index (κ3) is 3.74. The number of hydrogen-bond donors (Lipinski definition) is 1. The average Bonchev–Trinajstić information content (AvgIpc) is 2.61. The van der Waals surface area contributed by atoms with E-state index in [1.807, 2.05) is 18.7 Å². The summed E-state index contributed by atoms with van der Waals surface area (Å²) in [4.78, 5) is 4.53. The quantitative estimate of drug-likeness (QED) is 0.743. The number of unbranched alkanes of at least 4 members (excludes halogenated alkanes) is 1. The molecule has 92 valence electrons. The Morgan fingerprint density at radius 3 is 2.94 bits per heavy atom. The highest BCUT2D eigenvalue weighted by atomic mass is 32.2. The van der Waals surface area contributed by atoms with Gasteiger partial charge in [0.1, 0.15) is 0 Å². The van der Waals surface area contributed by atoms with Crippen LogP contribution in [0.4, 0.5) is 5.95 Å². The van der Waals surface area contributed by atoms with Crippen molar-refractivity contribution in [2.24, 2.45) is 0 Å². The van der Waals surface area contributed by atoms with E-state index in [9.17, 15) is 0 Å². The smallest absolute Gasteiger partial charge is 0.203 e. The Kier molecular flexibility index (Phi) is 5.74. The number of hydrogen-bond acceptors (Lipinski definition) is 3. The van der Waals surface area contributed by atoms with Gasteiger partial charge in [-0.05, 0) is 26.5 Å². The van der Waals surface area contributed by atoms with E-state index >= 15 is 0 Å². The standard InChI is InChI=1S/C12H23N3S/c1-5-6-7-13-12-14-10(2)8-15(12)11(3)9-16-4/h8,11H,5-7,9H2,1-4H3,(H,13,14). The number of nitrogens with zero attached hydrogens (tertiary/aromatic N) is 2. The van der Waals surface area contributed by atoms with Crippen LogP contribution in [-0.2, 0) is 0 Å². The van der Waals surface area contributed by atoms with Gasteiger partial charge in [-0.1, -0.05) is 13.3 Å². The largest absolute Gasteiger partial charge is 0.356 e. The van der Waals surface area contributed by atoms with Crippen LogP contribution in [0.5, 0.6) is 0 Å². The van der Waals surface area contributed by atoms with Crippen molar-refractivity contribution in [2.75, 3.05) is 23.9 Å². The summed E-state index contributed by atoms with van der Waals surface area (Å²) in [5.41, 5.74) is 1.09. The van der Waals surface area contributed by atoms with Crippen LogP contribution in [0.2, 0.25) is 0 Å². The van der Waals surface area contributed by atoms with Gasteiger partial charge in [-0.25, -0.2) is 4.98 Å². The van der Waals surface area contributed by atoms with Crippen LogP contribution in [0.15, 0.2) is 6.20 Å². The molecule has 1 aromatic heterocycles. The molecule has 0 amide bonds. The zero-order chi connectivity index (χ0) is 12.0. The van der Waals surface area contributed by atoms with E-state index in [-0.39, 0.29) is 0 Å². The SMILES string of the molecule is CCCCNc1nc(C)cn1C(C)CSC. The van der Waals surface area contributed by atoms with Crippen molar-refractivity contribution in [2.45, 2.75) is 39.7 Å². The second kappa shape index (κ2) is 6.84. The van der Waals surface area contributed by atoms with E-state index in [0.29, 0.717) is 6.04 Å². The maximum absolute atomic E-state index is 4.53. The molecule has 1 rings (SSSR count). The van der Waals surface area contributed by atoms with Gasteiger partial charge in [0.15, 0.2) is 0 Å². The Morgan fingerprint density at radius 1 is 1.56 bits per heavy atom. The van der Waals surface area contributed by atoms with Gasteiger partial charge in [0.2, 0.25) is 5.95 Å². The fourth-order valence-electron chi connectivity index (χ4n) is 1.68. The van der Waals surface area contributed by atoms with Crippen LogP contribution in [0, 0.1) is 6.92 Å². The first kappa shape index (κ1) is 13.4. The van der Waals surface area contributed by atoms with Gasteiger partial charge in [-0.15, -0.1) is 0 Å². The molecule has 1 N–H and O–H groups in total. The molecule has 0 aliphatic rings. The molecule has 0 radical (unpaired) electrons. The topological polar surface area (TPSA) is 29.9 Å². The van der Waals surface area contributed by atoms with Crippen molar-refractivity contribution < 1.29 is 0 Å². The summed E-state index contributed by atoms with van der Waals surface area (Å²) in [7, 11) is 0. The lowest BCUT2D eigenvalue weighted by atomic mass is 10.3. The first-order chi connectivity index (χ1) is 7.69. The van der Waals surface area contributed by atoms with Gasteiger partial charge in [0.25, 0.3) is 0 Å². The van der Waals surface area contributed by atoms with E-state index in [2.05, 4.69) is 41.2 Å². The zero-order valence-corrected chi connectivity index (χ0v) is 11.6. The highest BCUT2D eigenvalue weighted by Crippen LogP contribution is 2.18. The van der Waals surface area contributed by atoms with Crippen molar-refractivity contribution in [3.63, 3.8) is 0 Å². The van der Waals surface area contributed by atoms with Gasteiger partial charge in [-0.3, -0.25) is 0 Å². The molecular formula is C12H23N3S. The average molecular weight is 241 g/mol. The fraction of sp³-hybridized carbons (Fsp3) is 0.750. The maximum atomic E-state index is 4.53. The molecule has 0 aliphatic heterocycles. The molecule has 0 bridgehead atoms. The molecule has 0 fully saturated rings. The molecule has 1 atom stereocenters. The molecular weight excluding hydrogens is 218 g/mol. The molecule has 1 unspecified atom stereocenters. The molecule has 0 aliphatic carbocycles. The second-order valence-electron chi connectivity index (χ2n) is 4.20. The Morgan fingerprint density at radius 2 is 2.31 bits per heavy atom. The summed E-state index contributed by atoms with van der Waals surface area (Å²) >= 11 is 1.87. The van der Waals surface area contributed by atoms with E-state index in [1.165, 1.54) is 12.8 Å². The Hall–Kier alpha value is -0.640. The molecule has 3 nitrogen and oxygen atoms in total. The van der Waals surface area contributed by atoms with Gasteiger partial charge in [0.05, 0.1) is 5.69 Å². The van der Waals surface area contributed by atoms with Gasteiger partial charge >= 0.3 is 0 Å². The lowest BCUT2D eigenvalue weighted by Gasteiger charge is -2.15. The summed E-state index contributed by atoms with van der Waals surface area (Å²) in [5, 5.41) is 3.42. The predicted molar refractivity (Wildman–Crippen MR) is 73.5 cm³/mol. The molecule has 16 heavy (non-hydrogen) atoms. The molecule has 0 spiro atoms. The Bertz CT molecular complexity index is 309. The number of rotatable bonds is 7. The minimum absolute atomic E-state index is 0.500. The normalized spacial score (nSPS) is 12.8. The summed E-state index contributed by atoms with van der Waals surface area (Å²) < 4.78 is 2.25. The first-order valence-electron chi connectivity index (χ1n) is 5.97. The van der Waals surface area contributed by atoms with Crippen molar-refractivity contribution in [3.05, 3.63) is 11.9 Å². The predicted octanol–water partition coefficient (Wildman–Crippen LogP) is 3.33. The third-order valence-corrected chi connectivity index (χ3v) is 3.36. The van der Waals surface area contributed by atoms with Crippen molar-refractivity contribution in [1.29, 1.82) is 0 Å². The molecule has 0 saturated heterocycles. The lowest BCUT2D eigenvalue weighted by Crippen LogP contribution is -2.13. The number of thioether (sulfide) groups is 1. The number of imidazole rings is 1. The minimum atomic E-state index is 0.500. The third-order valence-electron chi connectivity index (χ3n) is 2.55. The van der Waals surface area contributed by atoms with Crippen molar-refractivity contribution in [1.82, 2.24) is 9.55 Å². The van der Waals surface area contributed by atoms with E-state index < -0.39 is 0 Å². The first-order valence-corrected chi connectivity index (χ1v) is 7.36. The molecule has 0 aromatic carbocycles. The Balaban J connectivity index is 2.66. The summed E-state index contributed by atoms with van der Waals surface area (Å²) in [6, 6.07) is 0.500. The highest BCUT2D eigenvalue weighted by Gasteiger charge is 2.10.